The Labute approximate surface area is 129 Å². The van der Waals surface area contributed by atoms with E-state index in [1.54, 1.807) is 12.1 Å². The number of nitro benzene ring substituents is 1. The molecule has 0 spiro atoms. The number of anilines is 1. The predicted molar refractivity (Wildman–Crippen MR) is 78.0 cm³/mol. The second-order valence-electron chi connectivity index (χ2n) is 4.38. The lowest BCUT2D eigenvalue weighted by Crippen LogP contribution is -2.15. The fourth-order valence-corrected chi connectivity index (χ4v) is 1.79. The highest BCUT2D eigenvalue weighted by molar-refractivity contribution is 6.02. The van der Waals surface area contributed by atoms with Crippen molar-refractivity contribution in [1.82, 2.24) is 25.0 Å². The number of hydrogen-bond donors (Lipinski definition) is 1. The predicted octanol–water partition coefficient (Wildman–Crippen LogP) is 1.22. The summed E-state index contributed by atoms with van der Waals surface area (Å²) in [7, 11) is 0. The normalized spacial score (nSPS) is 10.3. The Balaban J connectivity index is 1.76. The third-order valence-corrected chi connectivity index (χ3v) is 2.85. The Bertz CT molecular complexity index is 846. The highest BCUT2D eigenvalue weighted by atomic mass is 16.6. The SMILES string of the molecule is O=C(Nc1cccc([N+](=O)[O-])c1)c1ccc(-n2cncn2)nn1. The molecular formula is C13H9N7O3. The molecule has 3 aromatic rings. The first kappa shape index (κ1) is 14.3. The Kier molecular flexibility index (Phi) is 3.70. The van der Waals surface area contributed by atoms with Crippen molar-refractivity contribution in [2.24, 2.45) is 0 Å². The quantitative estimate of drug-likeness (QED) is 0.566. The number of non-ortho nitro benzene ring substituents is 1. The minimum absolute atomic E-state index is 0.0698. The average Bonchev–Trinajstić information content (AvgIpc) is 3.09. The molecule has 2 aromatic heterocycles. The van der Waals surface area contributed by atoms with Crippen molar-refractivity contribution in [2.45, 2.75) is 0 Å². The topological polar surface area (TPSA) is 129 Å². The summed E-state index contributed by atoms with van der Waals surface area (Å²) in [5.41, 5.74) is 0.252. The Morgan fingerprint density at radius 1 is 1.22 bits per heavy atom. The van der Waals surface area contributed by atoms with Crippen LogP contribution < -0.4 is 5.32 Å². The van der Waals surface area contributed by atoms with Gasteiger partial charge >= 0.3 is 0 Å². The third-order valence-electron chi connectivity index (χ3n) is 2.85. The van der Waals surface area contributed by atoms with Crippen molar-refractivity contribution in [3.05, 3.63) is 64.9 Å². The molecule has 0 aliphatic rings. The number of rotatable bonds is 4. The first-order chi connectivity index (χ1) is 11.1. The molecule has 0 unspecified atom stereocenters. The standard InChI is InChI=1S/C13H9N7O3/c21-13(16-9-2-1-3-10(6-9)20(22)23)11-4-5-12(18-17-11)19-8-14-7-15-19/h1-8H,(H,16,21). The molecule has 114 valence electrons. The van der Waals surface area contributed by atoms with Gasteiger partial charge in [0.2, 0.25) is 0 Å². The maximum absolute atomic E-state index is 12.1. The van der Waals surface area contributed by atoms with Crippen LogP contribution in [-0.2, 0) is 0 Å². The molecule has 0 radical (unpaired) electrons. The molecule has 1 amide bonds. The monoisotopic (exact) mass is 311 g/mol. The van der Waals surface area contributed by atoms with Crippen LogP contribution in [0.2, 0.25) is 0 Å². The lowest BCUT2D eigenvalue weighted by atomic mass is 10.2. The molecule has 10 nitrogen and oxygen atoms in total. The van der Waals surface area contributed by atoms with Gasteiger partial charge in [-0.05, 0) is 18.2 Å². The van der Waals surface area contributed by atoms with E-state index in [1.165, 1.54) is 41.6 Å². The third kappa shape index (κ3) is 3.15. The number of amides is 1. The zero-order valence-corrected chi connectivity index (χ0v) is 11.5. The molecule has 0 saturated heterocycles. The lowest BCUT2D eigenvalue weighted by Gasteiger charge is -2.04. The number of nitrogens with zero attached hydrogens (tertiary/aromatic N) is 6. The molecule has 10 heteroatoms. The van der Waals surface area contributed by atoms with E-state index in [0.29, 0.717) is 11.5 Å². The van der Waals surface area contributed by atoms with Crippen LogP contribution in [-0.4, -0.2) is 35.8 Å². The van der Waals surface area contributed by atoms with Crippen LogP contribution >= 0.6 is 0 Å². The van der Waals surface area contributed by atoms with E-state index in [0.717, 1.165) is 0 Å². The molecule has 0 aliphatic carbocycles. The van der Waals surface area contributed by atoms with E-state index in [9.17, 15) is 14.9 Å². The van der Waals surface area contributed by atoms with E-state index < -0.39 is 10.8 Å². The first-order valence-corrected chi connectivity index (χ1v) is 6.38. The summed E-state index contributed by atoms with van der Waals surface area (Å²) in [5, 5.41) is 24.8. The number of nitro groups is 1. The summed E-state index contributed by atoms with van der Waals surface area (Å²) in [6.07, 6.45) is 2.80. The highest BCUT2D eigenvalue weighted by Crippen LogP contribution is 2.17. The van der Waals surface area contributed by atoms with Crippen molar-refractivity contribution in [1.29, 1.82) is 0 Å². The molecule has 0 fully saturated rings. The van der Waals surface area contributed by atoms with Gasteiger partial charge in [-0.2, -0.15) is 5.10 Å². The van der Waals surface area contributed by atoms with Gasteiger partial charge in [0.25, 0.3) is 11.6 Å². The fraction of sp³-hybridized carbons (Fsp3) is 0. The molecular weight excluding hydrogens is 302 g/mol. The molecule has 2 heterocycles. The van der Waals surface area contributed by atoms with Crippen LogP contribution in [0.25, 0.3) is 5.82 Å². The molecule has 0 bridgehead atoms. The van der Waals surface area contributed by atoms with Crippen molar-refractivity contribution in [2.75, 3.05) is 5.32 Å². The number of aromatic nitrogens is 5. The first-order valence-electron chi connectivity index (χ1n) is 6.38. The summed E-state index contributed by atoms with van der Waals surface area (Å²) in [5.74, 6) is -0.113. The van der Waals surface area contributed by atoms with Crippen molar-refractivity contribution >= 4 is 17.3 Å². The number of carbonyl (C=O) groups is 1. The van der Waals surface area contributed by atoms with Crippen molar-refractivity contribution in [3.8, 4) is 5.82 Å². The van der Waals surface area contributed by atoms with E-state index in [2.05, 4.69) is 25.6 Å². The van der Waals surface area contributed by atoms with E-state index in [4.69, 9.17) is 0 Å². The molecule has 0 aliphatic heterocycles. The van der Waals surface area contributed by atoms with Crippen LogP contribution in [0.5, 0.6) is 0 Å². The van der Waals surface area contributed by atoms with Crippen LogP contribution in [0.3, 0.4) is 0 Å². The van der Waals surface area contributed by atoms with Gasteiger partial charge in [-0.25, -0.2) is 9.67 Å². The summed E-state index contributed by atoms with van der Waals surface area (Å²) >= 11 is 0. The number of hydrogen-bond acceptors (Lipinski definition) is 7. The molecule has 1 N–H and O–H groups in total. The van der Waals surface area contributed by atoms with Crippen LogP contribution in [0, 0.1) is 10.1 Å². The van der Waals surface area contributed by atoms with Gasteiger partial charge in [0, 0.05) is 17.8 Å². The van der Waals surface area contributed by atoms with Gasteiger partial charge < -0.3 is 5.32 Å². The summed E-state index contributed by atoms with van der Waals surface area (Å²) in [6, 6.07) is 8.65. The Morgan fingerprint density at radius 2 is 2.09 bits per heavy atom. The lowest BCUT2D eigenvalue weighted by molar-refractivity contribution is -0.384. The minimum Gasteiger partial charge on any atom is -0.320 e. The van der Waals surface area contributed by atoms with Gasteiger partial charge in [-0.1, -0.05) is 6.07 Å². The zero-order valence-electron chi connectivity index (χ0n) is 11.5. The highest BCUT2D eigenvalue weighted by Gasteiger charge is 2.12. The number of carbonyl (C=O) groups excluding carboxylic acids is 1. The summed E-state index contributed by atoms with van der Waals surface area (Å²) in [4.78, 5) is 26.0. The van der Waals surface area contributed by atoms with Crippen LogP contribution in [0.4, 0.5) is 11.4 Å². The maximum Gasteiger partial charge on any atom is 0.276 e. The smallest absolute Gasteiger partial charge is 0.276 e. The largest absolute Gasteiger partial charge is 0.320 e. The maximum atomic E-state index is 12.1. The summed E-state index contributed by atoms with van der Waals surface area (Å²) < 4.78 is 1.40. The van der Waals surface area contributed by atoms with Gasteiger partial charge in [0.1, 0.15) is 12.7 Å². The van der Waals surface area contributed by atoms with Crippen molar-refractivity contribution < 1.29 is 9.72 Å². The van der Waals surface area contributed by atoms with Gasteiger partial charge in [-0.15, -0.1) is 10.2 Å². The van der Waals surface area contributed by atoms with E-state index >= 15 is 0 Å². The molecule has 23 heavy (non-hydrogen) atoms. The second kappa shape index (κ2) is 5.97. The molecule has 0 atom stereocenters. The fourth-order valence-electron chi connectivity index (χ4n) is 1.79. The molecule has 3 rings (SSSR count). The van der Waals surface area contributed by atoms with Gasteiger partial charge in [-0.3, -0.25) is 14.9 Å². The minimum atomic E-state index is -0.539. The van der Waals surface area contributed by atoms with Crippen LogP contribution in [0.15, 0.2) is 49.1 Å². The second-order valence-corrected chi connectivity index (χ2v) is 4.38. The van der Waals surface area contributed by atoms with Gasteiger partial charge in [0.05, 0.1) is 4.92 Å². The zero-order chi connectivity index (χ0) is 16.2. The number of nitrogens with one attached hydrogen (secondary N) is 1. The van der Waals surface area contributed by atoms with Crippen LogP contribution in [0.1, 0.15) is 10.5 Å². The van der Waals surface area contributed by atoms with E-state index in [-0.39, 0.29) is 11.4 Å². The van der Waals surface area contributed by atoms with Crippen molar-refractivity contribution in [3.63, 3.8) is 0 Å². The average molecular weight is 311 g/mol. The summed E-state index contributed by atoms with van der Waals surface area (Å²) in [6.45, 7) is 0. The Hall–Kier alpha value is -3.69. The Morgan fingerprint density at radius 3 is 2.74 bits per heavy atom. The molecule has 0 saturated carbocycles. The molecule has 1 aromatic carbocycles. The number of benzene rings is 1. The van der Waals surface area contributed by atoms with E-state index in [1.807, 2.05) is 0 Å². The van der Waals surface area contributed by atoms with Gasteiger partial charge in [0.15, 0.2) is 11.5 Å².